The number of rotatable bonds is 16. The lowest BCUT2D eigenvalue weighted by Gasteiger charge is -2.15. The van der Waals surface area contributed by atoms with Crippen LogP contribution in [0.1, 0.15) is 88.9 Å². The molecule has 0 N–H and O–H groups in total. The second kappa shape index (κ2) is 16.0. The quantitative estimate of drug-likeness (QED) is 0.111. The number of benzene rings is 2. The Labute approximate surface area is 200 Å². The molecule has 0 saturated carbocycles. The fourth-order valence-electron chi connectivity index (χ4n) is 3.43. The van der Waals surface area contributed by atoms with Crippen LogP contribution in [0.25, 0.3) is 0 Å². The van der Waals surface area contributed by atoms with Gasteiger partial charge in [0.1, 0.15) is 17.2 Å². The Hall–Kier alpha value is -2.75. The summed E-state index contributed by atoms with van der Waals surface area (Å²) in [7, 11) is 0. The molecule has 180 valence electrons. The second-order valence-electron chi connectivity index (χ2n) is 8.39. The highest BCUT2D eigenvalue weighted by Gasteiger charge is 2.10. The van der Waals surface area contributed by atoms with E-state index in [1.165, 1.54) is 25.7 Å². The van der Waals surface area contributed by atoms with Gasteiger partial charge in [0, 0.05) is 0 Å². The van der Waals surface area contributed by atoms with Crippen LogP contribution in [0.5, 0.6) is 17.2 Å². The van der Waals surface area contributed by atoms with Crippen molar-refractivity contribution >= 4 is 5.97 Å². The van der Waals surface area contributed by atoms with E-state index < -0.39 is 0 Å². The summed E-state index contributed by atoms with van der Waals surface area (Å²) in [6.45, 7) is 7.13. The monoisotopic (exact) mass is 452 g/mol. The molecule has 0 fully saturated rings. The highest BCUT2D eigenvalue weighted by molar-refractivity contribution is 5.91. The second-order valence-corrected chi connectivity index (χ2v) is 8.39. The maximum absolute atomic E-state index is 12.4. The minimum absolute atomic E-state index is 0.175. The van der Waals surface area contributed by atoms with Crippen LogP contribution in [-0.4, -0.2) is 18.7 Å². The van der Waals surface area contributed by atoms with Crippen molar-refractivity contribution in [3.8, 4) is 17.2 Å². The average Bonchev–Trinajstić information content (AvgIpc) is 2.83. The largest absolute Gasteiger partial charge is 0.494 e. The lowest BCUT2D eigenvalue weighted by Crippen LogP contribution is -2.11. The van der Waals surface area contributed by atoms with Crippen molar-refractivity contribution < 1.29 is 19.0 Å². The van der Waals surface area contributed by atoms with Gasteiger partial charge in [-0.3, -0.25) is 0 Å². The van der Waals surface area contributed by atoms with Crippen LogP contribution in [0.3, 0.4) is 0 Å². The summed E-state index contributed by atoms with van der Waals surface area (Å²) in [4.78, 5) is 12.4. The summed E-state index contributed by atoms with van der Waals surface area (Å²) in [6, 6.07) is 14.3. The molecule has 0 heterocycles. The lowest BCUT2D eigenvalue weighted by atomic mass is 10.1. The number of allylic oxidation sites excluding steroid dienone is 2. The molecule has 2 rings (SSSR count). The molecule has 0 aliphatic carbocycles. The molecule has 0 unspecified atom stereocenters. The summed E-state index contributed by atoms with van der Waals surface area (Å²) in [5.41, 5.74) is 0.494. The molecule has 1 atom stereocenters. The van der Waals surface area contributed by atoms with Gasteiger partial charge in [-0.05, 0) is 94.0 Å². The van der Waals surface area contributed by atoms with Gasteiger partial charge in [-0.15, -0.1) is 0 Å². The molecule has 0 spiro atoms. The molecule has 4 heteroatoms. The third-order valence-corrected chi connectivity index (χ3v) is 5.36. The normalized spacial score (nSPS) is 12.0. The highest BCUT2D eigenvalue weighted by atomic mass is 16.5. The molecule has 0 aliphatic heterocycles. The van der Waals surface area contributed by atoms with E-state index in [1.54, 1.807) is 24.3 Å². The van der Waals surface area contributed by atoms with E-state index in [4.69, 9.17) is 14.2 Å². The minimum Gasteiger partial charge on any atom is -0.494 e. The lowest BCUT2D eigenvalue weighted by molar-refractivity contribution is 0.0734. The molecule has 0 saturated heterocycles. The van der Waals surface area contributed by atoms with Gasteiger partial charge in [0.2, 0.25) is 0 Å². The Kier molecular flexibility index (Phi) is 12.8. The molecule has 0 aromatic heterocycles. The zero-order chi connectivity index (χ0) is 23.7. The molecule has 0 amide bonds. The predicted molar refractivity (Wildman–Crippen MR) is 135 cm³/mol. The number of unbranched alkanes of at least 4 members (excludes halogenated alkanes) is 5. The molecule has 2 aromatic carbocycles. The van der Waals surface area contributed by atoms with E-state index in [0.29, 0.717) is 17.9 Å². The highest BCUT2D eigenvalue weighted by Crippen LogP contribution is 2.21. The number of carbonyl (C=O) groups excluding carboxylic acids is 1. The van der Waals surface area contributed by atoms with Gasteiger partial charge in [-0.1, -0.05) is 45.3 Å². The Balaban J connectivity index is 1.72. The molecule has 0 aliphatic rings. The Morgan fingerprint density at radius 3 is 2.21 bits per heavy atom. The molecular weight excluding hydrogens is 412 g/mol. The zero-order valence-electron chi connectivity index (χ0n) is 20.6. The van der Waals surface area contributed by atoms with E-state index in [-0.39, 0.29) is 12.1 Å². The van der Waals surface area contributed by atoms with Crippen LogP contribution in [0.15, 0.2) is 60.7 Å². The average molecular weight is 453 g/mol. The summed E-state index contributed by atoms with van der Waals surface area (Å²) in [5, 5.41) is 0. The first-order valence-corrected chi connectivity index (χ1v) is 12.5. The summed E-state index contributed by atoms with van der Waals surface area (Å²) in [6.07, 6.45) is 14.9. The minimum atomic E-state index is -0.387. The smallest absolute Gasteiger partial charge is 0.343 e. The Bertz CT molecular complexity index is 809. The van der Waals surface area contributed by atoms with Crippen molar-refractivity contribution in [1.82, 2.24) is 0 Å². The zero-order valence-corrected chi connectivity index (χ0v) is 20.6. The van der Waals surface area contributed by atoms with E-state index in [1.807, 2.05) is 24.3 Å². The third-order valence-electron chi connectivity index (χ3n) is 5.36. The SMILES string of the molecule is CC/C=C\CCCCOc1ccc(C(=O)Oc2ccc(O[C@@H](C)CCCCCC)cc2)cc1. The van der Waals surface area contributed by atoms with Crippen LogP contribution in [0.4, 0.5) is 0 Å². The summed E-state index contributed by atoms with van der Waals surface area (Å²) < 4.78 is 17.2. The van der Waals surface area contributed by atoms with E-state index in [0.717, 1.165) is 43.6 Å². The van der Waals surface area contributed by atoms with Crippen molar-refractivity contribution in [2.75, 3.05) is 6.61 Å². The topological polar surface area (TPSA) is 44.8 Å². The molecule has 33 heavy (non-hydrogen) atoms. The van der Waals surface area contributed by atoms with Crippen molar-refractivity contribution in [1.29, 1.82) is 0 Å². The maximum atomic E-state index is 12.4. The van der Waals surface area contributed by atoms with Crippen molar-refractivity contribution in [2.45, 2.75) is 84.7 Å². The first-order valence-electron chi connectivity index (χ1n) is 12.5. The van der Waals surface area contributed by atoms with Gasteiger partial charge < -0.3 is 14.2 Å². The molecular formula is C29H40O4. The van der Waals surface area contributed by atoms with E-state index in [2.05, 4.69) is 32.9 Å². The first-order chi connectivity index (χ1) is 16.1. The summed E-state index contributed by atoms with van der Waals surface area (Å²) in [5.74, 6) is 1.67. The molecule has 0 bridgehead atoms. The Morgan fingerprint density at radius 1 is 0.818 bits per heavy atom. The number of esters is 1. The molecule has 2 aromatic rings. The van der Waals surface area contributed by atoms with Crippen LogP contribution >= 0.6 is 0 Å². The van der Waals surface area contributed by atoms with Gasteiger partial charge in [0.15, 0.2) is 0 Å². The van der Waals surface area contributed by atoms with Gasteiger partial charge in [0.25, 0.3) is 0 Å². The van der Waals surface area contributed by atoms with Crippen molar-refractivity contribution in [3.05, 3.63) is 66.2 Å². The van der Waals surface area contributed by atoms with Gasteiger partial charge in [0.05, 0.1) is 18.3 Å². The first kappa shape index (κ1) is 26.5. The van der Waals surface area contributed by atoms with Crippen LogP contribution in [0.2, 0.25) is 0 Å². The van der Waals surface area contributed by atoms with Crippen molar-refractivity contribution in [2.24, 2.45) is 0 Å². The number of hydrogen-bond donors (Lipinski definition) is 0. The van der Waals surface area contributed by atoms with Gasteiger partial charge in [-0.25, -0.2) is 4.79 Å². The predicted octanol–water partition coefficient (Wildman–Crippen LogP) is 8.16. The van der Waals surface area contributed by atoms with E-state index >= 15 is 0 Å². The third kappa shape index (κ3) is 11.1. The Morgan fingerprint density at radius 2 is 1.52 bits per heavy atom. The van der Waals surface area contributed by atoms with E-state index in [9.17, 15) is 4.79 Å². The maximum Gasteiger partial charge on any atom is 0.343 e. The number of hydrogen-bond acceptors (Lipinski definition) is 4. The van der Waals surface area contributed by atoms with Crippen LogP contribution in [0, 0.1) is 0 Å². The standard InChI is InChI=1S/C29H40O4/c1-4-6-8-10-11-13-23-31-26-17-15-25(16-18-26)29(30)33-28-21-19-27(20-22-28)32-24(3)14-12-9-7-5-2/h6,8,15-22,24H,4-5,7,9-14,23H2,1-3H3/b8-6-/t24-/m0/s1. The molecule has 0 radical (unpaired) electrons. The fourth-order valence-corrected chi connectivity index (χ4v) is 3.43. The number of carbonyl (C=O) groups is 1. The van der Waals surface area contributed by atoms with Gasteiger partial charge >= 0.3 is 5.97 Å². The number of ether oxygens (including phenoxy) is 3. The summed E-state index contributed by atoms with van der Waals surface area (Å²) >= 11 is 0. The van der Waals surface area contributed by atoms with Crippen molar-refractivity contribution in [3.63, 3.8) is 0 Å². The fraction of sp³-hybridized carbons (Fsp3) is 0.483. The molecule has 4 nitrogen and oxygen atoms in total. The van der Waals surface area contributed by atoms with Crippen LogP contribution < -0.4 is 14.2 Å². The van der Waals surface area contributed by atoms with Crippen LogP contribution in [-0.2, 0) is 0 Å². The van der Waals surface area contributed by atoms with Gasteiger partial charge in [-0.2, -0.15) is 0 Å².